The summed E-state index contributed by atoms with van der Waals surface area (Å²) in [6.45, 7) is 0.178. The predicted molar refractivity (Wildman–Crippen MR) is 125 cm³/mol. The second-order valence-electron chi connectivity index (χ2n) is 8.92. The van der Waals surface area contributed by atoms with Crippen molar-refractivity contribution in [3.8, 4) is 11.1 Å². The lowest BCUT2D eigenvalue weighted by Gasteiger charge is -2.22. The number of hydrogen-bond acceptors (Lipinski definition) is 5. The number of aliphatic hydroxyl groups is 1. The summed E-state index contributed by atoms with van der Waals surface area (Å²) in [5, 5.41) is 23.5. The number of hydrogen-bond donors (Lipinski definition) is 4. The number of fused-ring (bicyclic) bond motifs is 3. The maximum absolute atomic E-state index is 12.6. The molecule has 0 bridgehead atoms. The number of amides is 2. The molecule has 3 atom stereocenters. The molecule has 8 nitrogen and oxygen atoms in total. The summed E-state index contributed by atoms with van der Waals surface area (Å²) in [4.78, 5) is 36.4. The molecule has 4 rings (SSSR count). The fourth-order valence-corrected chi connectivity index (χ4v) is 5.16. The van der Waals surface area contributed by atoms with Crippen molar-refractivity contribution in [1.82, 2.24) is 10.6 Å². The average molecular weight is 467 g/mol. The lowest BCUT2D eigenvalue weighted by atomic mass is 9.94. The number of carbonyl (C=O) groups is 3. The van der Waals surface area contributed by atoms with E-state index in [0.29, 0.717) is 6.42 Å². The van der Waals surface area contributed by atoms with Crippen LogP contribution >= 0.6 is 0 Å². The maximum Gasteiger partial charge on any atom is 0.407 e. The third-order valence-electron chi connectivity index (χ3n) is 6.88. The Hall–Kier alpha value is -3.39. The molecule has 0 aliphatic heterocycles. The third-order valence-corrected chi connectivity index (χ3v) is 6.88. The van der Waals surface area contributed by atoms with Gasteiger partial charge in [-0.1, -0.05) is 55.0 Å². The van der Waals surface area contributed by atoms with Gasteiger partial charge in [0.2, 0.25) is 5.91 Å². The molecule has 0 heterocycles. The van der Waals surface area contributed by atoms with Crippen LogP contribution in [0.1, 0.15) is 42.7 Å². The molecule has 2 aromatic rings. The minimum Gasteiger partial charge on any atom is -0.480 e. The van der Waals surface area contributed by atoms with Gasteiger partial charge >= 0.3 is 12.1 Å². The van der Waals surface area contributed by atoms with Gasteiger partial charge < -0.3 is 25.6 Å². The van der Waals surface area contributed by atoms with Crippen molar-refractivity contribution in [2.45, 2.75) is 37.6 Å². The van der Waals surface area contributed by atoms with Crippen molar-refractivity contribution in [3.63, 3.8) is 0 Å². The van der Waals surface area contributed by atoms with E-state index < -0.39 is 18.1 Å². The van der Waals surface area contributed by atoms with E-state index in [1.165, 1.54) is 0 Å². The summed E-state index contributed by atoms with van der Waals surface area (Å²) in [5.41, 5.74) is 4.60. The van der Waals surface area contributed by atoms with Gasteiger partial charge in [0.1, 0.15) is 12.6 Å². The van der Waals surface area contributed by atoms with E-state index in [4.69, 9.17) is 9.84 Å². The van der Waals surface area contributed by atoms with E-state index in [0.717, 1.165) is 35.1 Å². The zero-order chi connectivity index (χ0) is 24.1. The van der Waals surface area contributed by atoms with Gasteiger partial charge in [-0.25, -0.2) is 9.59 Å². The van der Waals surface area contributed by atoms with Crippen LogP contribution in [0.5, 0.6) is 0 Å². The molecule has 0 radical (unpaired) electrons. The van der Waals surface area contributed by atoms with Crippen molar-refractivity contribution < 1.29 is 29.3 Å². The van der Waals surface area contributed by atoms with Gasteiger partial charge in [0.25, 0.3) is 0 Å². The summed E-state index contributed by atoms with van der Waals surface area (Å²) in [7, 11) is 0. The SMILES string of the molecule is O=C(NCC1CCCC1C(=O)NC(CCO)C(=O)O)OCC1c2ccccc2-c2ccccc21. The van der Waals surface area contributed by atoms with Crippen molar-refractivity contribution in [3.05, 3.63) is 59.7 Å². The number of ether oxygens (including phenoxy) is 1. The number of aliphatic carboxylic acids is 1. The Bertz CT molecular complexity index is 1010. The second kappa shape index (κ2) is 10.7. The van der Waals surface area contributed by atoms with Crippen LogP contribution in [0.15, 0.2) is 48.5 Å². The molecular weight excluding hydrogens is 436 g/mol. The highest BCUT2D eigenvalue weighted by Gasteiger charge is 2.35. The standard InChI is InChI=1S/C26H30N2O6/c29-13-12-23(25(31)32)28-24(30)17-11-5-6-16(17)14-27-26(33)34-15-22-20-9-3-1-7-18(20)19-8-2-4-10-21(19)22/h1-4,7-10,16-17,22-23,29H,5-6,11-15H2,(H,27,33)(H,28,30)(H,31,32). The first-order valence-corrected chi connectivity index (χ1v) is 11.7. The number of nitrogens with one attached hydrogen (secondary N) is 2. The van der Waals surface area contributed by atoms with Crippen LogP contribution in [0.3, 0.4) is 0 Å². The van der Waals surface area contributed by atoms with E-state index >= 15 is 0 Å². The fourth-order valence-electron chi connectivity index (χ4n) is 5.16. The average Bonchev–Trinajstić information content (AvgIpc) is 3.44. The van der Waals surface area contributed by atoms with Crippen LogP contribution in [0.2, 0.25) is 0 Å². The number of carbonyl (C=O) groups excluding carboxylic acids is 2. The number of alkyl carbamates (subject to hydrolysis) is 1. The molecule has 4 N–H and O–H groups in total. The number of carboxylic acid groups (broad SMARTS) is 1. The van der Waals surface area contributed by atoms with Crippen molar-refractivity contribution in [2.24, 2.45) is 11.8 Å². The molecule has 1 fully saturated rings. The van der Waals surface area contributed by atoms with Crippen LogP contribution < -0.4 is 10.6 Å². The van der Waals surface area contributed by atoms with Gasteiger partial charge in [-0.05, 0) is 41.0 Å². The molecule has 3 unspecified atom stereocenters. The molecule has 2 aliphatic rings. The summed E-state index contributed by atoms with van der Waals surface area (Å²) in [5.74, 6) is -2.02. The van der Waals surface area contributed by atoms with Gasteiger partial charge in [0, 0.05) is 31.4 Å². The number of carboxylic acids is 1. The highest BCUT2D eigenvalue weighted by molar-refractivity contribution is 5.85. The smallest absolute Gasteiger partial charge is 0.407 e. The monoisotopic (exact) mass is 466 g/mol. The topological polar surface area (TPSA) is 125 Å². The molecule has 34 heavy (non-hydrogen) atoms. The van der Waals surface area contributed by atoms with Gasteiger partial charge in [-0.2, -0.15) is 0 Å². The highest BCUT2D eigenvalue weighted by atomic mass is 16.5. The molecular formula is C26H30N2O6. The Morgan fingerprint density at radius 3 is 2.26 bits per heavy atom. The molecule has 0 aromatic heterocycles. The fraction of sp³-hybridized carbons (Fsp3) is 0.423. The van der Waals surface area contributed by atoms with Crippen LogP contribution in [-0.2, 0) is 14.3 Å². The van der Waals surface area contributed by atoms with E-state index in [2.05, 4.69) is 34.9 Å². The van der Waals surface area contributed by atoms with Crippen molar-refractivity contribution in [1.29, 1.82) is 0 Å². The summed E-state index contributed by atoms with van der Waals surface area (Å²) in [6.07, 6.45) is 1.65. The number of aliphatic hydroxyl groups excluding tert-OH is 1. The molecule has 2 aliphatic carbocycles. The minimum absolute atomic E-state index is 0.0253. The van der Waals surface area contributed by atoms with E-state index in [1.807, 2.05) is 24.3 Å². The molecule has 0 saturated heterocycles. The van der Waals surface area contributed by atoms with Gasteiger partial charge in [0.15, 0.2) is 0 Å². The number of benzene rings is 2. The maximum atomic E-state index is 12.6. The first-order valence-electron chi connectivity index (χ1n) is 11.7. The lowest BCUT2D eigenvalue weighted by molar-refractivity contribution is -0.143. The van der Waals surface area contributed by atoms with Crippen LogP contribution in [0.25, 0.3) is 11.1 Å². The Kier molecular flexibility index (Phi) is 7.47. The van der Waals surface area contributed by atoms with Crippen molar-refractivity contribution >= 4 is 18.0 Å². The Labute approximate surface area is 198 Å². The van der Waals surface area contributed by atoms with Crippen LogP contribution in [0.4, 0.5) is 4.79 Å². The Balaban J connectivity index is 1.30. The van der Waals surface area contributed by atoms with Crippen molar-refractivity contribution in [2.75, 3.05) is 19.8 Å². The molecule has 2 amide bonds. The molecule has 1 saturated carbocycles. The summed E-state index contributed by atoms with van der Waals surface area (Å²) >= 11 is 0. The quantitative estimate of drug-likeness (QED) is 0.450. The molecule has 180 valence electrons. The summed E-state index contributed by atoms with van der Waals surface area (Å²) in [6, 6.07) is 15.1. The zero-order valence-electron chi connectivity index (χ0n) is 18.9. The van der Waals surface area contributed by atoms with E-state index in [1.54, 1.807) is 0 Å². The van der Waals surface area contributed by atoms with Gasteiger partial charge in [0.05, 0.1) is 0 Å². The first kappa shape index (κ1) is 23.8. The molecule has 0 spiro atoms. The normalized spacial score (nSPS) is 19.7. The zero-order valence-corrected chi connectivity index (χ0v) is 18.9. The van der Waals surface area contributed by atoms with Crippen LogP contribution in [0, 0.1) is 11.8 Å². The minimum atomic E-state index is -1.17. The van der Waals surface area contributed by atoms with Crippen LogP contribution in [-0.4, -0.2) is 54.0 Å². The lowest BCUT2D eigenvalue weighted by Crippen LogP contribution is -2.46. The molecule has 2 aromatic carbocycles. The Morgan fingerprint density at radius 2 is 1.65 bits per heavy atom. The largest absolute Gasteiger partial charge is 0.480 e. The highest BCUT2D eigenvalue weighted by Crippen LogP contribution is 2.44. The number of rotatable bonds is 9. The first-order chi connectivity index (χ1) is 16.5. The van der Waals surface area contributed by atoms with E-state index in [-0.39, 0.29) is 49.8 Å². The van der Waals surface area contributed by atoms with Gasteiger partial charge in [-0.15, -0.1) is 0 Å². The van der Waals surface area contributed by atoms with E-state index in [9.17, 15) is 19.5 Å². The Morgan fingerprint density at radius 1 is 1.00 bits per heavy atom. The summed E-state index contributed by atoms with van der Waals surface area (Å²) < 4.78 is 5.57. The van der Waals surface area contributed by atoms with Gasteiger partial charge in [-0.3, -0.25) is 4.79 Å². The third kappa shape index (κ3) is 5.07. The molecule has 8 heteroatoms. The second-order valence-corrected chi connectivity index (χ2v) is 8.92. The predicted octanol–water partition coefficient (Wildman–Crippen LogP) is 2.89.